The molecule has 2 aliphatic rings. The summed E-state index contributed by atoms with van der Waals surface area (Å²) in [6.07, 6.45) is 1.69. The zero-order chi connectivity index (χ0) is 16.7. The maximum atomic E-state index is 12.3. The monoisotopic (exact) mass is 341 g/mol. The highest BCUT2D eigenvalue weighted by Crippen LogP contribution is 2.49. The summed E-state index contributed by atoms with van der Waals surface area (Å²) in [6, 6.07) is 0. The molecule has 126 valence electrons. The fourth-order valence-electron chi connectivity index (χ4n) is 3.33. The van der Waals surface area contributed by atoms with E-state index >= 15 is 0 Å². The zero-order valence-electron chi connectivity index (χ0n) is 12.0. The molecule has 0 radical (unpaired) electrons. The number of carbonyl (C=O) groups excluding carboxylic acids is 1. The molecule has 0 saturated heterocycles. The Morgan fingerprint density at radius 2 is 1.95 bits per heavy atom. The van der Waals surface area contributed by atoms with Gasteiger partial charge in [-0.15, -0.1) is 0 Å². The van der Waals surface area contributed by atoms with E-state index < -0.39 is 21.5 Å². The number of halogens is 3. The minimum atomic E-state index is -5.33. The number of hydrogen-bond donors (Lipinski definition) is 1. The number of rotatable bonds is 5. The summed E-state index contributed by atoms with van der Waals surface area (Å²) in [7, 11) is -5.33. The number of sulfonamides is 1. The van der Waals surface area contributed by atoms with Crippen molar-refractivity contribution >= 4 is 16.0 Å². The minimum Gasteiger partial charge on any atom is -0.459 e. The smallest absolute Gasteiger partial charge is 0.459 e. The molecule has 0 amide bonds. The van der Waals surface area contributed by atoms with Crippen LogP contribution in [0.3, 0.4) is 0 Å². The molecule has 0 heterocycles. The van der Waals surface area contributed by atoms with E-state index in [-0.39, 0.29) is 36.0 Å². The van der Waals surface area contributed by atoms with Crippen LogP contribution in [0.25, 0.3) is 0 Å². The molecule has 22 heavy (non-hydrogen) atoms. The van der Waals surface area contributed by atoms with Crippen molar-refractivity contribution in [3.05, 3.63) is 12.2 Å². The normalized spacial score (nSPS) is 31.3. The van der Waals surface area contributed by atoms with Crippen LogP contribution in [0.5, 0.6) is 0 Å². The molecule has 4 atom stereocenters. The van der Waals surface area contributed by atoms with Gasteiger partial charge in [-0.2, -0.15) is 13.2 Å². The molecule has 0 spiro atoms. The van der Waals surface area contributed by atoms with Crippen molar-refractivity contribution in [2.75, 3.05) is 6.54 Å². The Labute approximate surface area is 126 Å². The topological polar surface area (TPSA) is 72.5 Å². The molecule has 0 aromatic rings. The first-order chi connectivity index (χ1) is 10.0. The van der Waals surface area contributed by atoms with Gasteiger partial charge in [-0.25, -0.2) is 17.9 Å². The lowest BCUT2D eigenvalue weighted by Crippen LogP contribution is -2.42. The van der Waals surface area contributed by atoms with Crippen LogP contribution in [0.2, 0.25) is 0 Å². The van der Waals surface area contributed by atoms with Crippen molar-refractivity contribution in [3.8, 4) is 0 Å². The quantitative estimate of drug-likeness (QED) is 0.613. The standard InChI is InChI=1S/C13H18F3NO4S/c1-7(2)12(18)21-11-5-8-3-9(10(11)4-8)6-17-22(19,20)13(14,15)16/h8-11,17H,1,3-6H2,2H3. The number of ether oxygens (including phenoxy) is 1. The summed E-state index contributed by atoms with van der Waals surface area (Å²) in [6.45, 7) is 4.71. The van der Waals surface area contributed by atoms with E-state index in [9.17, 15) is 26.4 Å². The third-order valence-corrected chi connectivity index (χ3v) is 5.49. The van der Waals surface area contributed by atoms with Crippen LogP contribution in [0.1, 0.15) is 26.2 Å². The van der Waals surface area contributed by atoms with E-state index in [1.165, 1.54) is 6.92 Å². The van der Waals surface area contributed by atoms with Gasteiger partial charge in [-0.05, 0) is 38.0 Å². The van der Waals surface area contributed by atoms with Crippen molar-refractivity contribution in [1.29, 1.82) is 0 Å². The maximum Gasteiger partial charge on any atom is 0.511 e. The van der Waals surface area contributed by atoms with Gasteiger partial charge in [0.25, 0.3) is 0 Å². The Kier molecular flexibility index (Phi) is 4.59. The highest BCUT2D eigenvalue weighted by atomic mass is 32.2. The Bertz CT molecular complexity index is 572. The maximum absolute atomic E-state index is 12.3. The van der Waals surface area contributed by atoms with Gasteiger partial charge in [-0.3, -0.25) is 0 Å². The average Bonchev–Trinajstić information content (AvgIpc) is 2.94. The Morgan fingerprint density at radius 3 is 2.45 bits per heavy atom. The Hall–Kier alpha value is -1.09. The summed E-state index contributed by atoms with van der Waals surface area (Å²) < 4.78 is 65.9. The van der Waals surface area contributed by atoms with Crippen LogP contribution in [0.15, 0.2) is 12.2 Å². The first-order valence-corrected chi connectivity index (χ1v) is 8.42. The summed E-state index contributed by atoms with van der Waals surface area (Å²) in [5.74, 6) is -0.622. The van der Waals surface area contributed by atoms with E-state index in [4.69, 9.17) is 4.74 Å². The lowest BCUT2D eigenvalue weighted by atomic mass is 9.87. The van der Waals surface area contributed by atoms with Crippen molar-refractivity contribution in [2.24, 2.45) is 17.8 Å². The Balaban J connectivity index is 1.95. The molecule has 2 rings (SSSR count). The van der Waals surface area contributed by atoms with Gasteiger partial charge >= 0.3 is 21.5 Å². The van der Waals surface area contributed by atoms with E-state index in [1.54, 1.807) is 4.72 Å². The molecule has 2 saturated carbocycles. The fourth-order valence-corrected chi connectivity index (χ4v) is 3.93. The highest BCUT2D eigenvalue weighted by Gasteiger charge is 2.50. The van der Waals surface area contributed by atoms with Crippen LogP contribution in [-0.2, 0) is 19.6 Å². The summed E-state index contributed by atoms with van der Waals surface area (Å²) in [5.41, 5.74) is -5.05. The van der Waals surface area contributed by atoms with Gasteiger partial charge in [0.1, 0.15) is 6.10 Å². The van der Waals surface area contributed by atoms with Gasteiger partial charge in [0.2, 0.25) is 0 Å². The molecular weight excluding hydrogens is 323 g/mol. The second-order valence-corrected chi connectivity index (χ2v) is 7.78. The first kappa shape index (κ1) is 17.3. The van der Waals surface area contributed by atoms with Gasteiger partial charge in [0, 0.05) is 18.0 Å². The summed E-state index contributed by atoms with van der Waals surface area (Å²) >= 11 is 0. The van der Waals surface area contributed by atoms with Crippen molar-refractivity contribution in [3.63, 3.8) is 0 Å². The molecule has 5 nitrogen and oxygen atoms in total. The molecule has 2 bridgehead atoms. The van der Waals surface area contributed by atoms with Crippen LogP contribution in [0, 0.1) is 17.8 Å². The van der Waals surface area contributed by atoms with Crippen LogP contribution in [0.4, 0.5) is 13.2 Å². The number of carbonyl (C=O) groups is 1. The van der Waals surface area contributed by atoms with Crippen molar-refractivity contribution < 1.29 is 31.1 Å². The minimum absolute atomic E-state index is 0.107. The number of hydrogen-bond acceptors (Lipinski definition) is 4. The predicted molar refractivity (Wildman–Crippen MR) is 72.0 cm³/mol. The Morgan fingerprint density at radius 1 is 1.32 bits per heavy atom. The number of nitrogens with one attached hydrogen (secondary N) is 1. The lowest BCUT2D eigenvalue weighted by Gasteiger charge is -2.29. The first-order valence-electron chi connectivity index (χ1n) is 6.93. The van der Waals surface area contributed by atoms with Gasteiger partial charge in [0.05, 0.1) is 0 Å². The molecular formula is C13H18F3NO4S. The molecule has 2 fully saturated rings. The highest BCUT2D eigenvalue weighted by molar-refractivity contribution is 7.90. The van der Waals surface area contributed by atoms with E-state index in [1.807, 2.05) is 0 Å². The molecule has 0 aliphatic heterocycles. The number of alkyl halides is 3. The molecule has 9 heteroatoms. The molecule has 2 aliphatic carbocycles. The third-order valence-electron chi connectivity index (χ3n) is 4.34. The molecule has 4 unspecified atom stereocenters. The van der Waals surface area contributed by atoms with Gasteiger partial charge in [-0.1, -0.05) is 6.58 Å². The van der Waals surface area contributed by atoms with Crippen LogP contribution >= 0.6 is 0 Å². The van der Waals surface area contributed by atoms with E-state index in [0.717, 1.165) is 6.42 Å². The molecule has 0 aromatic heterocycles. The van der Waals surface area contributed by atoms with Crippen LogP contribution in [-0.4, -0.2) is 32.5 Å². The second kappa shape index (κ2) is 5.84. The summed E-state index contributed by atoms with van der Waals surface area (Å²) in [5, 5.41) is 0. The van der Waals surface area contributed by atoms with E-state index in [0.29, 0.717) is 12.8 Å². The number of fused-ring (bicyclic) bond motifs is 2. The predicted octanol–water partition coefficient (Wildman–Crippen LogP) is 1.96. The molecule has 0 aromatic carbocycles. The van der Waals surface area contributed by atoms with Gasteiger partial charge < -0.3 is 4.74 Å². The molecule has 1 N–H and O–H groups in total. The van der Waals surface area contributed by atoms with Gasteiger partial charge in [0.15, 0.2) is 0 Å². The number of esters is 1. The largest absolute Gasteiger partial charge is 0.511 e. The average molecular weight is 341 g/mol. The summed E-state index contributed by atoms with van der Waals surface area (Å²) in [4.78, 5) is 11.5. The van der Waals surface area contributed by atoms with Crippen LogP contribution < -0.4 is 4.72 Å². The lowest BCUT2D eigenvalue weighted by molar-refractivity contribution is -0.147. The zero-order valence-corrected chi connectivity index (χ0v) is 12.8. The fraction of sp³-hybridized carbons (Fsp3) is 0.769. The third kappa shape index (κ3) is 3.45. The van der Waals surface area contributed by atoms with E-state index in [2.05, 4.69) is 6.58 Å². The second-order valence-electron chi connectivity index (χ2n) is 6.02. The van der Waals surface area contributed by atoms with Crippen molar-refractivity contribution in [1.82, 2.24) is 4.72 Å². The SMILES string of the molecule is C=C(C)C(=O)OC1CC2CC(CNS(=O)(=O)C(F)(F)F)C1C2. The van der Waals surface area contributed by atoms with Crippen molar-refractivity contribution in [2.45, 2.75) is 37.8 Å².